The average molecular weight is 662 g/mol. The largest absolute Gasteiger partial charge is 0.357 e. The maximum atomic E-state index is 13.5. The highest BCUT2D eigenvalue weighted by Crippen LogP contribution is 2.32. The molecule has 14 heteroatoms. The van der Waals surface area contributed by atoms with E-state index in [4.69, 9.17) is 34.8 Å². The summed E-state index contributed by atoms with van der Waals surface area (Å²) < 4.78 is 15.2. The number of aromatic nitrogens is 3. The summed E-state index contributed by atoms with van der Waals surface area (Å²) >= 11 is 15.1. The summed E-state index contributed by atoms with van der Waals surface area (Å²) in [4.78, 5) is 52.5. The van der Waals surface area contributed by atoms with Crippen molar-refractivity contribution >= 4 is 69.1 Å². The van der Waals surface area contributed by atoms with Gasteiger partial charge in [0, 0.05) is 41.3 Å². The number of nitrogens with one attached hydrogen (secondary N) is 3. The minimum absolute atomic E-state index is 0.0957. The minimum Gasteiger partial charge on any atom is -0.357 e. The molecule has 0 saturated carbocycles. The molecular weight excluding hydrogens is 634 g/mol. The zero-order chi connectivity index (χ0) is 31.8. The molecule has 44 heavy (non-hydrogen) atoms. The second-order valence-electron chi connectivity index (χ2n) is 9.87. The quantitative estimate of drug-likeness (QED) is 0.168. The van der Waals surface area contributed by atoms with E-state index >= 15 is 0 Å². The van der Waals surface area contributed by atoms with Gasteiger partial charge in [-0.3, -0.25) is 23.9 Å². The molecule has 3 N–H and O–H groups in total. The number of rotatable bonds is 8. The van der Waals surface area contributed by atoms with Gasteiger partial charge in [-0.1, -0.05) is 25.1 Å². The van der Waals surface area contributed by atoms with Gasteiger partial charge in [0.2, 0.25) is 11.1 Å². The molecule has 2 aromatic heterocycles. The molecular formula is C30H28Cl3FN6O4. The van der Waals surface area contributed by atoms with Crippen molar-refractivity contribution < 1.29 is 23.6 Å². The molecule has 4 aromatic rings. The van der Waals surface area contributed by atoms with Gasteiger partial charge in [-0.05, 0) is 59.6 Å². The summed E-state index contributed by atoms with van der Waals surface area (Å²) in [6.07, 6.45) is 1.69. The maximum Gasteiger partial charge on any atom is 0.276 e. The second-order valence-corrected chi connectivity index (χ2v) is 10.8. The first-order valence-electron chi connectivity index (χ1n) is 13.4. The molecule has 10 nitrogen and oxygen atoms in total. The average Bonchev–Trinajstić information content (AvgIpc) is 3.67. The van der Waals surface area contributed by atoms with Crippen LogP contribution in [0.3, 0.4) is 0 Å². The van der Waals surface area contributed by atoms with Crippen LogP contribution in [0.25, 0.3) is 0 Å². The second kappa shape index (κ2) is 15.0. The number of alkyl halides is 2. The summed E-state index contributed by atoms with van der Waals surface area (Å²) in [6, 6.07) is 16.3. The van der Waals surface area contributed by atoms with Gasteiger partial charge in [0.25, 0.3) is 11.8 Å². The lowest BCUT2D eigenvalue weighted by Crippen LogP contribution is -2.38. The predicted octanol–water partition coefficient (Wildman–Crippen LogP) is 5.58. The Bertz CT molecular complexity index is 1640. The molecule has 0 saturated heterocycles. The number of carbonyl (C=O) groups excluding carboxylic acids is 4. The van der Waals surface area contributed by atoms with E-state index in [1.807, 2.05) is 6.92 Å². The molecule has 5 rings (SSSR count). The fourth-order valence-electron chi connectivity index (χ4n) is 4.81. The number of hydrogen-bond donors (Lipinski definition) is 3. The summed E-state index contributed by atoms with van der Waals surface area (Å²) in [5.74, 6) is -1.72. The Hall–Kier alpha value is -4.19. The van der Waals surface area contributed by atoms with Crippen LogP contribution in [0.5, 0.6) is 0 Å². The Labute approximate surface area is 267 Å². The number of aromatic amines is 1. The van der Waals surface area contributed by atoms with E-state index in [0.717, 1.165) is 11.3 Å². The SMILES string of the molecule is CC1CN(C(=O)c2ccc[nH]2)Cc2c(C(=O)Nc3cccc(NC(=O)CCl)c3)nn(Cc3ccc(F)cc3)c21.O=C(Cl)CCl. The Balaban J connectivity index is 0.000000818. The van der Waals surface area contributed by atoms with Crippen LogP contribution in [-0.2, 0) is 22.7 Å². The van der Waals surface area contributed by atoms with Gasteiger partial charge in [-0.25, -0.2) is 4.39 Å². The summed E-state index contributed by atoms with van der Waals surface area (Å²) in [5, 5.41) is 9.67. The van der Waals surface area contributed by atoms with Crippen molar-refractivity contribution in [3.63, 3.8) is 0 Å². The molecule has 0 bridgehead atoms. The van der Waals surface area contributed by atoms with Crippen molar-refractivity contribution in [2.75, 3.05) is 28.9 Å². The lowest BCUT2D eigenvalue weighted by atomic mass is 9.95. The molecule has 0 spiro atoms. The number of benzene rings is 2. The van der Waals surface area contributed by atoms with Crippen LogP contribution in [0.1, 0.15) is 50.6 Å². The number of halogens is 4. The zero-order valence-corrected chi connectivity index (χ0v) is 25.7. The predicted molar refractivity (Wildman–Crippen MR) is 167 cm³/mol. The number of hydrogen-bond acceptors (Lipinski definition) is 5. The van der Waals surface area contributed by atoms with E-state index in [2.05, 4.69) is 20.7 Å². The van der Waals surface area contributed by atoms with Crippen LogP contribution in [0.2, 0.25) is 0 Å². The van der Waals surface area contributed by atoms with E-state index < -0.39 is 11.1 Å². The molecule has 0 radical (unpaired) electrons. The first-order chi connectivity index (χ1) is 21.1. The lowest BCUT2D eigenvalue weighted by Gasteiger charge is -2.32. The van der Waals surface area contributed by atoms with Crippen LogP contribution in [0.15, 0.2) is 66.9 Å². The number of amides is 3. The topological polar surface area (TPSA) is 129 Å². The highest BCUT2D eigenvalue weighted by Gasteiger charge is 2.34. The summed E-state index contributed by atoms with van der Waals surface area (Å²) in [6.45, 7) is 2.98. The smallest absolute Gasteiger partial charge is 0.276 e. The molecule has 0 fully saturated rings. The van der Waals surface area contributed by atoms with Crippen LogP contribution in [-0.4, -0.2) is 60.9 Å². The van der Waals surface area contributed by atoms with Crippen molar-refractivity contribution in [1.82, 2.24) is 19.7 Å². The van der Waals surface area contributed by atoms with Gasteiger partial charge in [0.15, 0.2) is 5.69 Å². The third-order valence-corrected chi connectivity index (χ3v) is 7.37. The van der Waals surface area contributed by atoms with Crippen molar-refractivity contribution in [3.8, 4) is 0 Å². The van der Waals surface area contributed by atoms with Crippen molar-refractivity contribution in [2.24, 2.45) is 0 Å². The third kappa shape index (κ3) is 8.25. The van der Waals surface area contributed by atoms with Crippen molar-refractivity contribution in [3.05, 3.63) is 101 Å². The van der Waals surface area contributed by atoms with Crippen molar-refractivity contribution in [1.29, 1.82) is 0 Å². The van der Waals surface area contributed by atoms with Gasteiger partial charge < -0.3 is 20.5 Å². The molecule has 0 aliphatic carbocycles. The fraction of sp³-hybridized carbons (Fsp3) is 0.233. The standard InChI is InChI=1S/C28H26ClFN6O3.C2H2Cl2O/c1-17-14-35(28(39)23-6-3-11-31-23)16-22-25(34-36(26(17)22)15-18-7-9-19(30)10-8-18)27(38)33-21-5-2-4-20(12-21)32-24(37)13-29;3-1-2(4)5/h2-12,17,31H,13-16H2,1H3,(H,32,37)(H,33,38);1H2. The van der Waals surface area contributed by atoms with Gasteiger partial charge in [0.05, 0.1) is 19.0 Å². The van der Waals surface area contributed by atoms with Crippen LogP contribution in [0.4, 0.5) is 15.8 Å². The fourth-order valence-corrected chi connectivity index (χ4v) is 4.87. The highest BCUT2D eigenvalue weighted by molar-refractivity contribution is 6.67. The molecule has 1 atom stereocenters. The number of H-pyrrole nitrogens is 1. The minimum atomic E-state index is -0.508. The van der Waals surface area contributed by atoms with Crippen LogP contribution >= 0.6 is 34.8 Å². The number of nitrogens with zero attached hydrogens (tertiary/aromatic N) is 3. The lowest BCUT2D eigenvalue weighted by molar-refractivity contribution is -0.114. The molecule has 2 aromatic carbocycles. The third-order valence-electron chi connectivity index (χ3n) is 6.61. The van der Waals surface area contributed by atoms with E-state index in [-0.39, 0.29) is 47.5 Å². The normalized spacial score (nSPS) is 13.8. The molecule has 230 valence electrons. The van der Waals surface area contributed by atoms with Gasteiger partial charge in [-0.15, -0.1) is 23.2 Å². The Kier molecular flexibility index (Phi) is 11.2. The molecule has 1 aliphatic heterocycles. The Morgan fingerprint density at radius 1 is 1.00 bits per heavy atom. The molecule has 1 unspecified atom stereocenters. The van der Waals surface area contributed by atoms with E-state index in [1.54, 1.807) is 64.3 Å². The monoisotopic (exact) mass is 660 g/mol. The number of carbonyl (C=O) groups is 4. The first-order valence-corrected chi connectivity index (χ1v) is 14.8. The van der Waals surface area contributed by atoms with E-state index in [9.17, 15) is 23.6 Å². The summed E-state index contributed by atoms with van der Waals surface area (Å²) in [7, 11) is 0. The van der Waals surface area contributed by atoms with Gasteiger partial charge in [-0.2, -0.15) is 5.10 Å². The maximum absolute atomic E-state index is 13.5. The van der Waals surface area contributed by atoms with E-state index in [1.165, 1.54) is 12.1 Å². The number of anilines is 2. The van der Waals surface area contributed by atoms with Crippen LogP contribution < -0.4 is 10.6 Å². The first kappa shape index (κ1) is 32.7. The molecule has 3 amide bonds. The highest BCUT2D eigenvalue weighted by atomic mass is 35.5. The Morgan fingerprint density at radius 2 is 1.68 bits per heavy atom. The number of fused-ring (bicyclic) bond motifs is 1. The molecule has 1 aliphatic rings. The van der Waals surface area contributed by atoms with Crippen molar-refractivity contribution in [2.45, 2.75) is 25.9 Å². The van der Waals surface area contributed by atoms with Gasteiger partial charge in [0.1, 0.15) is 17.4 Å². The summed E-state index contributed by atoms with van der Waals surface area (Å²) in [5.41, 5.74) is 3.93. The van der Waals surface area contributed by atoms with E-state index in [0.29, 0.717) is 35.7 Å². The zero-order valence-electron chi connectivity index (χ0n) is 23.5. The van der Waals surface area contributed by atoms with Crippen LogP contribution in [0, 0.1) is 5.82 Å². The molecule has 3 heterocycles. The Morgan fingerprint density at radius 3 is 2.30 bits per heavy atom. The van der Waals surface area contributed by atoms with Gasteiger partial charge >= 0.3 is 0 Å².